The molecule has 1 aliphatic heterocycles. The van der Waals surface area contributed by atoms with Gasteiger partial charge >= 0.3 is 6.09 Å². The first-order valence-corrected chi connectivity index (χ1v) is 12.5. The minimum atomic E-state index is -0.870. The molecule has 8 heteroatoms. The van der Waals surface area contributed by atoms with Crippen molar-refractivity contribution in [1.82, 2.24) is 16.0 Å². The van der Waals surface area contributed by atoms with Gasteiger partial charge in [-0.25, -0.2) is 4.79 Å². The van der Waals surface area contributed by atoms with Crippen molar-refractivity contribution in [3.8, 4) is 0 Å². The van der Waals surface area contributed by atoms with Gasteiger partial charge in [-0.2, -0.15) is 0 Å². The molecule has 0 aliphatic carbocycles. The first-order chi connectivity index (χ1) is 17.2. The van der Waals surface area contributed by atoms with E-state index < -0.39 is 24.1 Å². The molecule has 1 fully saturated rings. The molecule has 1 saturated heterocycles. The zero-order chi connectivity index (χ0) is 26.1. The van der Waals surface area contributed by atoms with Crippen LogP contribution in [-0.4, -0.2) is 48.2 Å². The summed E-state index contributed by atoms with van der Waals surface area (Å²) in [6.45, 7) is 7.55. The fourth-order valence-corrected chi connectivity index (χ4v) is 4.00. The van der Waals surface area contributed by atoms with Gasteiger partial charge in [-0.3, -0.25) is 9.59 Å². The van der Waals surface area contributed by atoms with Crippen LogP contribution in [0.1, 0.15) is 45.2 Å². The minimum Gasteiger partial charge on any atom is -0.445 e. The average Bonchev–Trinajstić information content (AvgIpc) is 3.61. The Morgan fingerprint density at radius 2 is 1.36 bits per heavy atom. The standard InChI is InChI=1S/C28H37N3O5/c1-18(2)15-24-25(36-24)23(16-21-11-7-5-8-12-21)31-27(33)19(3)29-26(32)20(4)30-28(34)35-17-22-13-9-6-10-14-22/h5-14,18-20,23-25H,15-17H2,1-4H3,(H,29,32)(H,30,34)(H,31,33)/t19-,20-,23-,24-,25+/m0/s1. The zero-order valence-electron chi connectivity index (χ0n) is 21.4. The van der Waals surface area contributed by atoms with Crippen LogP contribution in [0.15, 0.2) is 60.7 Å². The molecule has 2 aromatic carbocycles. The van der Waals surface area contributed by atoms with E-state index in [0.717, 1.165) is 17.5 Å². The Morgan fingerprint density at radius 1 is 0.806 bits per heavy atom. The van der Waals surface area contributed by atoms with Crippen molar-refractivity contribution in [2.24, 2.45) is 5.92 Å². The van der Waals surface area contributed by atoms with Crippen LogP contribution >= 0.6 is 0 Å². The Kier molecular flexibility index (Phi) is 9.87. The predicted octanol–water partition coefficient (Wildman–Crippen LogP) is 3.35. The van der Waals surface area contributed by atoms with Crippen LogP contribution in [0.5, 0.6) is 0 Å². The second kappa shape index (κ2) is 13.1. The topological polar surface area (TPSA) is 109 Å². The lowest BCUT2D eigenvalue weighted by Crippen LogP contribution is -2.54. The maximum atomic E-state index is 13.0. The van der Waals surface area contributed by atoms with E-state index in [1.54, 1.807) is 6.92 Å². The minimum absolute atomic E-state index is 0.0561. The largest absolute Gasteiger partial charge is 0.445 e. The highest BCUT2D eigenvalue weighted by Crippen LogP contribution is 2.32. The molecule has 0 saturated carbocycles. The molecule has 0 spiro atoms. The van der Waals surface area contributed by atoms with E-state index in [1.807, 2.05) is 60.7 Å². The highest BCUT2D eigenvalue weighted by Gasteiger charge is 2.45. The summed E-state index contributed by atoms with van der Waals surface area (Å²) in [4.78, 5) is 37.6. The molecular weight excluding hydrogens is 458 g/mol. The molecule has 1 aliphatic rings. The summed E-state index contributed by atoms with van der Waals surface area (Å²) in [5.41, 5.74) is 1.94. The number of alkyl carbamates (subject to hydrolysis) is 1. The fourth-order valence-electron chi connectivity index (χ4n) is 4.00. The van der Waals surface area contributed by atoms with Gasteiger partial charge in [-0.05, 0) is 43.7 Å². The number of epoxide rings is 1. The van der Waals surface area contributed by atoms with Gasteiger partial charge in [0.1, 0.15) is 24.8 Å². The maximum Gasteiger partial charge on any atom is 0.408 e. The number of hydrogen-bond donors (Lipinski definition) is 3. The summed E-state index contributed by atoms with van der Waals surface area (Å²) in [6.07, 6.45) is 0.928. The van der Waals surface area contributed by atoms with E-state index in [1.165, 1.54) is 6.92 Å². The maximum absolute atomic E-state index is 13.0. The number of nitrogens with one attached hydrogen (secondary N) is 3. The van der Waals surface area contributed by atoms with Crippen molar-refractivity contribution in [2.75, 3.05) is 0 Å². The van der Waals surface area contributed by atoms with E-state index in [2.05, 4.69) is 29.8 Å². The van der Waals surface area contributed by atoms with Crippen molar-refractivity contribution in [1.29, 1.82) is 0 Å². The summed E-state index contributed by atoms with van der Waals surface area (Å²) in [7, 11) is 0. The molecule has 8 nitrogen and oxygen atoms in total. The van der Waals surface area contributed by atoms with E-state index >= 15 is 0 Å². The van der Waals surface area contributed by atoms with Crippen molar-refractivity contribution in [3.05, 3.63) is 71.8 Å². The monoisotopic (exact) mass is 495 g/mol. The SMILES string of the molecule is CC(C)C[C@@H]1O[C@@H]1[C@H](Cc1ccccc1)NC(=O)[C@H](C)NC(=O)[C@H](C)NC(=O)OCc1ccccc1. The molecular formula is C28H37N3O5. The molecule has 3 amide bonds. The van der Waals surface area contributed by atoms with E-state index in [-0.39, 0.29) is 30.8 Å². The average molecular weight is 496 g/mol. The third-order valence-electron chi connectivity index (χ3n) is 6.04. The van der Waals surface area contributed by atoms with Crippen LogP contribution < -0.4 is 16.0 Å². The third-order valence-corrected chi connectivity index (χ3v) is 6.04. The Morgan fingerprint density at radius 3 is 1.97 bits per heavy atom. The van der Waals surface area contributed by atoms with E-state index in [4.69, 9.17) is 9.47 Å². The Hall–Kier alpha value is -3.39. The van der Waals surface area contributed by atoms with Crippen molar-refractivity contribution >= 4 is 17.9 Å². The van der Waals surface area contributed by atoms with Crippen LogP contribution in [0, 0.1) is 5.92 Å². The molecule has 0 unspecified atom stereocenters. The number of hydrogen-bond acceptors (Lipinski definition) is 5. The summed E-state index contributed by atoms with van der Waals surface area (Å²) in [6, 6.07) is 17.3. The Labute approximate surface area is 213 Å². The lowest BCUT2D eigenvalue weighted by Gasteiger charge is -2.22. The van der Waals surface area contributed by atoms with Crippen LogP contribution in [0.2, 0.25) is 0 Å². The summed E-state index contributed by atoms with van der Waals surface area (Å²) >= 11 is 0. The second-order valence-electron chi connectivity index (χ2n) is 9.73. The number of amides is 3. The molecule has 0 bridgehead atoms. The van der Waals surface area contributed by atoms with Crippen LogP contribution in [0.25, 0.3) is 0 Å². The smallest absolute Gasteiger partial charge is 0.408 e. The van der Waals surface area contributed by atoms with Gasteiger partial charge < -0.3 is 25.4 Å². The summed E-state index contributed by atoms with van der Waals surface area (Å²) in [5.74, 6) is -0.282. The van der Waals surface area contributed by atoms with Gasteiger partial charge in [0.2, 0.25) is 11.8 Å². The molecule has 36 heavy (non-hydrogen) atoms. The van der Waals surface area contributed by atoms with Crippen LogP contribution in [-0.2, 0) is 32.1 Å². The third kappa shape index (κ3) is 8.68. The van der Waals surface area contributed by atoms with Crippen molar-refractivity contribution in [3.63, 3.8) is 0 Å². The van der Waals surface area contributed by atoms with Gasteiger partial charge in [-0.1, -0.05) is 74.5 Å². The molecule has 3 N–H and O–H groups in total. The van der Waals surface area contributed by atoms with Gasteiger partial charge in [0.25, 0.3) is 0 Å². The summed E-state index contributed by atoms with van der Waals surface area (Å²) < 4.78 is 11.1. The lowest BCUT2D eigenvalue weighted by atomic mass is 9.98. The number of benzene rings is 2. The number of carbonyl (C=O) groups excluding carboxylic acids is 3. The number of carbonyl (C=O) groups is 3. The molecule has 0 aromatic heterocycles. The fraction of sp³-hybridized carbons (Fsp3) is 0.464. The molecule has 3 rings (SSSR count). The first-order valence-electron chi connectivity index (χ1n) is 12.5. The normalized spacial score (nSPS) is 19.0. The Balaban J connectivity index is 1.49. The predicted molar refractivity (Wildman–Crippen MR) is 137 cm³/mol. The number of rotatable bonds is 12. The van der Waals surface area contributed by atoms with Gasteiger partial charge in [0.15, 0.2) is 0 Å². The number of ether oxygens (including phenoxy) is 2. The van der Waals surface area contributed by atoms with Gasteiger partial charge in [-0.15, -0.1) is 0 Å². The van der Waals surface area contributed by atoms with E-state index in [9.17, 15) is 14.4 Å². The van der Waals surface area contributed by atoms with Crippen molar-refractivity contribution in [2.45, 2.75) is 77.5 Å². The highest BCUT2D eigenvalue weighted by molar-refractivity contribution is 5.91. The molecule has 194 valence electrons. The van der Waals surface area contributed by atoms with Crippen LogP contribution in [0.3, 0.4) is 0 Å². The highest BCUT2D eigenvalue weighted by atomic mass is 16.6. The zero-order valence-corrected chi connectivity index (χ0v) is 21.4. The Bertz CT molecular complexity index is 999. The molecule has 2 aromatic rings. The van der Waals surface area contributed by atoms with Gasteiger partial charge in [0.05, 0.1) is 12.1 Å². The quantitative estimate of drug-likeness (QED) is 0.391. The molecule has 5 atom stereocenters. The van der Waals surface area contributed by atoms with Crippen LogP contribution in [0.4, 0.5) is 4.79 Å². The van der Waals surface area contributed by atoms with Gasteiger partial charge in [0, 0.05) is 0 Å². The molecule has 0 radical (unpaired) electrons. The lowest BCUT2D eigenvalue weighted by molar-refractivity contribution is -0.129. The second-order valence-corrected chi connectivity index (χ2v) is 9.73. The first kappa shape index (κ1) is 27.2. The van der Waals surface area contributed by atoms with E-state index in [0.29, 0.717) is 12.3 Å². The summed E-state index contributed by atoms with van der Waals surface area (Å²) in [5, 5.41) is 8.23. The molecule has 1 heterocycles. The van der Waals surface area contributed by atoms with Crippen molar-refractivity contribution < 1.29 is 23.9 Å².